The molecule has 2 fully saturated rings. The molecule has 0 aliphatic heterocycles. The summed E-state index contributed by atoms with van der Waals surface area (Å²) in [7, 11) is 0. The summed E-state index contributed by atoms with van der Waals surface area (Å²) in [5, 5.41) is 12.9. The van der Waals surface area contributed by atoms with Crippen LogP contribution in [0.5, 0.6) is 5.75 Å². The molecule has 1 aromatic rings. The Bertz CT molecular complexity index is 373. The van der Waals surface area contributed by atoms with Crippen molar-refractivity contribution in [2.45, 2.75) is 38.1 Å². The van der Waals surface area contributed by atoms with E-state index in [0.717, 1.165) is 30.8 Å². The normalized spacial score (nSPS) is 30.9. The number of hydrogen-bond acceptors (Lipinski definition) is 2. The van der Waals surface area contributed by atoms with Gasteiger partial charge in [-0.2, -0.15) is 0 Å². The first kappa shape index (κ1) is 11.1. The minimum absolute atomic E-state index is 0.356. The van der Waals surface area contributed by atoms with Crippen LogP contribution in [0.3, 0.4) is 0 Å². The van der Waals surface area contributed by atoms with E-state index in [1.54, 1.807) is 12.1 Å². The van der Waals surface area contributed by atoms with Gasteiger partial charge in [0.2, 0.25) is 0 Å². The predicted octanol–water partition coefficient (Wildman–Crippen LogP) is 2.71. The fourth-order valence-electron chi connectivity index (χ4n) is 3.56. The maximum atomic E-state index is 9.21. The summed E-state index contributed by atoms with van der Waals surface area (Å²) < 4.78 is 0. The lowest BCUT2D eigenvalue weighted by molar-refractivity contribution is 0.354. The summed E-state index contributed by atoms with van der Waals surface area (Å²) in [6.07, 6.45) is 6.85. The van der Waals surface area contributed by atoms with Gasteiger partial charge < -0.3 is 10.4 Å². The summed E-state index contributed by atoms with van der Waals surface area (Å²) >= 11 is 0. The Labute approximate surface area is 103 Å². The average Bonchev–Trinajstić information content (AvgIpc) is 2.94. The maximum Gasteiger partial charge on any atom is 0.115 e. The van der Waals surface area contributed by atoms with Crippen LogP contribution in [-0.2, 0) is 6.42 Å². The lowest BCUT2D eigenvalue weighted by Gasteiger charge is -2.22. The van der Waals surface area contributed by atoms with Gasteiger partial charge in [0.05, 0.1) is 0 Å². The first-order chi connectivity index (χ1) is 8.31. The van der Waals surface area contributed by atoms with Gasteiger partial charge in [-0.3, -0.25) is 0 Å². The van der Waals surface area contributed by atoms with Crippen LogP contribution in [0.1, 0.15) is 31.2 Å². The predicted molar refractivity (Wildman–Crippen MR) is 69.0 cm³/mol. The van der Waals surface area contributed by atoms with Crippen molar-refractivity contribution in [1.82, 2.24) is 5.32 Å². The molecule has 3 unspecified atom stereocenters. The third-order valence-corrected chi connectivity index (χ3v) is 4.49. The Kier molecular flexibility index (Phi) is 3.06. The van der Waals surface area contributed by atoms with Crippen LogP contribution < -0.4 is 5.32 Å². The van der Waals surface area contributed by atoms with Gasteiger partial charge in [-0.15, -0.1) is 0 Å². The number of phenols is 1. The molecule has 0 amide bonds. The van der Waals surface area contributed by atoms with E-state index in [2.05, 4.69) is 5.32 Å². The molecule has 2 saturated carbocycles. The highest BCUT2D eigenvalue weighted by atomic mass is 16.3. The Balaban J connectivity index is 1.45. The summed E-state index contributed by atoms with van der Waals surface area (Å²) in [5.41, 5.74) is 1.30. The van der Waals surface area contributed by atoms with E-state index in [-0.39, 0.29) is 0 Å². The smallest absolute Gasteiger partial charge is 0.115 e. The zero-order chi connectivity index (χ0) is 11.7. The molecule has 0 aromatic heterocycles. The zero-order valence-corrected chi connectivity index (χ0v) is 10.2. The molecule has 3 atom stereocenters. The monoisotopic (exact) mass is 231 g/mol. The standard InChI is InChI=1S/C15H21NO/c17-14-5-2-11(3-6-14)7-8-16-15-10-12-1-4-13(15)9-12/h2-3,5-6,12-13,15-17H,1,4,7-10H2. The molecule has 0 saturated heterocycles. The van der Waals surface area contributed by atoms with Crippen molar-refractivity contribution >= 4 is 0 Å². The van der Waals surface area contributed by atoms with E-state index in [1.165, 1.54) is 31.2 Å². The Morgan fingerprint density at radius 2 is 1.94 bits per heavy atom. The molecular formula is C15H21NO. The second kappa shape index (κ2) is 4.69. The lowest BCUT2D eigenvalue weighted by atomic mass is 9.95. The van der Waals surface area contributed by atoms with Gasteiger partial charge in [-0.1, -0.05) is 18.6 Å². The highest BCUT2D eigenvalue weighted by Crippen LogP contribution is 2.44. The number of hydrogen-bond donors (Lipinski definition) is 2. The first-order valence-corrected chi connectivity index (χ1v) is 6.82. The van der Waals surface area contributed by atoms with Gasteiger partial charge >= 0.3 is 0 Å². The van der Waals surface area contributed by atoms with Gasteiger partial charge in [0.1, 0.15) is 5.75 Å². The van der Waals surface area contributed by atoms with Crippen molar-refractivity contribution in [2.75, 3.05) is 6.54 Å². The van der Waals surface area contributed by atoms with Crippen molar-refractivity contribution < 1.29 is 5.11 Å². The van der Waals surface area contributed by atoms with Crippen LogP contribution in [0.4, 0.5) is 0 Å². The van der Waals surface area contributed by atoms with Crippen LogP contribution in [-0.4, -0.2) is 17.7 Å². The highest BCUT2D eigenvalue weighted by Gasteiger charge is 2.38. The van der Waals surface area contributed by atoms with Crippen LogP contribution in [0.2, 0.25) is 0 Å². The number of benzene rings is 1. The third-order valence-electron chi connectivity index (χ3n) is 4.49. The molecule has 0 spiro atoms. The molecule has 3 rings (SSSR count). The Morgan fingerprint density at radius 3 is 2.59 bits per heavy atom. The van der Waals surface area contributed by atoms with Gasteiger partial charge in [-0.25, -0.2) is 0 Å². The summed E-state index contributed by atoms with van der Waals surface area (Å²) in [4.78, 5) is 0. The van der Waals surface area contributed by atoms with Crippen molar-refractivity contribution in [3.8, 4) is 5.75 Å². The summed E-state index contributed by atoms with van der Waals surface area (Å²) in [6, 6.07) is 8.35. The number of nitrogens with one attached hydrogen (secondary N) is 1. The second-order valence-electron chi connectivity index (χ2n) is 5.65. The summed E-state index contributed by atoms with van der Waals surface area (Å²) in [5.74, 6) is 2.33. The molecule has 2 N–H and O–H groups in total. The maximum absolute atomic E-state index is 9.21. The average molecular weight is 231 g/mol. The number of fused-ring (bicyclic) bond motifs is 2. The van der Waals surface area contributed by atoms with Gasteiger partial charge in [0.15, 0.2) is 0 Å². The van der Waals surface area contributed by atoms with E-state index in [4.69, 9.17) is 0 Å². The Morgan fingerprint density at radius 1 is 1.12 bits per heavy atom. The molecule has 2 aliphatic carbocycles. The zero-order valence-electron chi connectivity index (χ0n) is 10.2. The van der Waals surface area contributed by atoms with Crippen LogP contribution in [0.25, 0.3) is 0 Å². The van der Waals surface area contributed by atoms with Gasteiger partial charge in [0, 0.05) is 6.04 Å². The molecule has 2 aliphatic rings. The fraction of sp³-hybridized carbons (Fsp3) is 0.600. The van der Waals surface area contributed by atoms with Crippen molar-refractivity contribution in [3.05, 3.63) is 29.8 Å². The van der Waals surface area contributed by atoms with E-state index in [9.17, 15) is 5.11 Å². The third kappa shape index (κ3) is 2.47. The van der Waals surface area contributed by atoms with Crippen molar-refractivity contribution in [2.24, 2.45) is 11.8 Å². The lowest BCUT2D eigenvalue weighted by Crippen LogP contribution is -2.35. The minimum Gasteiger partial charge on any atom is -0.508 e. The molecule has 2 heteroatoms. The Hall–Kier alpha value is -1.02. The largest absolute Gasteiger partial charge is 0.508 e. The van der Waals surface area contributed by atoms with Crippen molar-refractivity contribution in [1.29, 1.82) is 0 Å². The van der Waals surface area contributed by atoms with E-state index in [1.807, 2.05) is 12.1 Å². The van der Waals surface area contributed by atoms with Crippen LogP contribution >= 0.6 is 0 Å². The number of phenolic OH excluding ortho intramolecular Hbond substituents is 1. The molecule has 17 heavy (non-hydrogen) atoms. The quantitative estimate of drug-likeness (QED) is 0.835. The number of rotatable bonds is 4. The van der Waals surface area contributed by atoms with Crippen LogP contribution in [0, 0.1) is 11.8 Å². The highest BCUT2D eigenvalue weighted by molar-refractivity contribution is 5.26. The minimum atomic E-state index is 0.356. The first-order valence-electron chi connectivity index (χ1n) is 6.82. The van der Waals surface area contributed by atoms with Crippen molar-refractivity contribution in [3.63, 3.8) is 0 Å². The fourth-order valence-corrected chi connectivity index (χ4v) is 3.56. The van der Waals surface area contributed by atoms with Crippen LogP contribution in [0.15, 0.2) is 24.3 Å². The SMILES string of the molecule is Oc1ccc(CCNC2CC3CCC2C3)cc1. The molecular weight excluding hydrogens is 210 g/mol. The molecule has 2 nitrogen and oxygen atoms in total. The molecule has 0 heterocycles. The summed E-state index contributed by atoms with van der Waals surface area (Å²) in [6.45, 7) is 1.07. The molecule has 2 bridgehead atoms. The number of aromatic hydroxyl groups is 1. The molecule has 92 valence electrons. The van der Waals surface area contributed by atoms with Gasteiger partial charge in [-0.05, 0) is 61.8 Å². The van der Waals surface area contributed by atoms with E-state index >= 15 is 0 Å². The topological polar surface area (TPSA) is 32.3 Å². The van der Waals surface area contributed by atoms with Gasteiger partial charge in [0.25, 0.3) is 0 Å². The van der Waals surface area contributed by atoms with E-state index < -0.39 is 0 Å². The second-order valence-corrected chi connectivity index (χ2v) is 5.65. The molecule has 1 aromatic carbocycles. The van der Waals surface area contributed by atoms with E-state index in [0.29, 0.717) is 5.75 Å². The molecule has 0 radical (unpaired) electrons.